The Morgan fingerprint density at radius 2 is 2.16 bits per heavy atom. The molecule has 0 aliphatic heterocycles. The first-order valence-corrected chi connectivity index (χ1v) is 8.30. The minimum atomic E-state index is -0.631. The van der Waals surface area contributed by atoms with Crippen LogP contribution < -0.4 is 11.1 Å². The minimum absolute atomic E-state index is 0.00172. The van der Waals surface area contributed by atoms with E-state index in [1.54, 1.807) is 6.07 Å². The third-order valence-electron chi connectivity index (χ3n) is 4.82. The van der Waals surface area contributed by atoms with Crippen molar-refractivity contribution in [3.8, 4) is 0 Å². The molecule has 0 bridgehead atoms. The van der Waals surface area contributed by atoms with Gasteiger partial charge in [-0.25, -0.2) is 9.50 Å². The maximum absolute atomic E-state index is 12.7. The molecule has 2 amide bonds. The first-order chi connectivity index (χ1) is 11.7. The molecule has 2 aromatic rings. The Kier molecular flexibility index (Phi) is 4.24. The number of primary amides is 1. The molecule has 1 aliphatic rings. The molecule has 1 aliphatic carbocycles. The largest absolute Gasteiger partial charge is 0.375 e. The number of nitrogens with zero attached hydrogens (tertiary/aromatic N) is 3. The second kappa shape index (κ2) is 6.11. The average molecular weight is 345 g/mol. The van der Waals surface area contributed by atoms with Crippen LogP contribution in [0, 0.1) is 5.41 Å². The quantitative estimate of drug-likeness (QED) is 0.844. The van der Waals surface area contributed by atoms with Crippen LogP contribution in [-0.4, -0.2) is 44.7 Å². The molecule has 0 spiro atoms. The SMILES string of the molecule is CC(C)OC1CC(NC(=O)c2ccnc3c(C(N)=O)cnn23)C1(C)C. The van der Waals surface area contributed by atoms with Gasteiger partial charge in [0.05, 0.1) is 18.4 Å². The number of aromatic nitrogens is 3. The summed E-state index contributed by atoms with van der Waals surface area (Å²) in [4.78, 5) is 28.2. The number of hydrogen-bond donors (Lipinski definition) is 2. The lowest BCUT2D eigenvalue weighted by molar-refractivity contribution is -0.136. The molecule has 0 saturated heterocycles. The maximum atomic E-state index is 12.7. The van der Waals surface area contributed by atoms with E-state index >= 15 is 0 Å². The van der Waals surface area contributed by atoms with Crippen LogP contribution in [0.5, 0.6) is 0 Å². The predicted octanol–water partition coefficient (Wildman–Crippen LogP) is 1.15. The Balaban J connectivity index is 1.79. The Morgan fingerprint density at radius 1 is 1.44 bits per heavy atom. The molecule has 0 aromatic carbocycles. The fourth-order valence-corrected chi connectivity index (χ4v) is 3.16. The van der Waals surface area contributed by atoms with E-state index in [0.29, 0.717) is 5.69 Å². The summed E-state index contributed by atoms with van der Waals surface area (Å²) < 4.78 is 7.23. The number of rotatable bonds is 5. The molecule has 0 radical (unpaired) electrons. The molecule has 2 heterocycles. The van der Waals surface area contributed by atoms with Crippen molar-refractivity contribution in [1.29, 1.82) is 0 Å². The number of ether oxygens (including phenoxy) is 1. The molecule has 1 fully saturated rings. The third-order valence-corrected chi connectivity index (χ3v) is 4.82. The van der Waals surface area contributed by atoms with E-state index in [-0.39, 0.29) is 40.8 Å². The highest BCUT2D eigenvalue weighted by molar-refractivity contribution is 5.99. The molecule has 2 atom stereocenters. The van der Waals surface area contributed by atoms with Crippen LogP contribution in [0.3, 0.4) is 0 Å². The van der Waals surface area contributed by atoms with Crippen LogP contribution in [0.1, 0.15) is 55.0 Å². The zero-order chi connectivity index (χ0) is 18.4. The van der Waals surface area contributed by atoms with Crippen LogP contribution in [0.25, 0.3) is 5.65 Å². The van der Waals surface area contributed by atoms with Gasteiger partial charge in [0, 0.05) is 17.7 Å². The molecule has 2 aromatic heterocycles. The van der Waals surface area contributed by atoms with Crippen LogP contribution in [0.4, 0.5) is 0 Å². The van der Waals surface area contributed by atoms with E-state index in [4.69, 9.17) is 10.5 Å². The molecule has 134 valence electrons. The van der Waals surface area contributed by atoms with Gasteiger partial charge in [-0.1, -0.05) is 13.8 Å². The maximum Gasteiger partial charge on any atom is 0.270 e. The molecule has 25 heavy (non-hydrogen) atoms. The number of fused-ring (bicyclic) bond motifs is 1. The molecule has 3 rings (SSSR count). The fraction of sp³-hybridized carbons (Fsp3) is 0.529. The molecule has 8 heteroatoms. The van der Waals surface area contributed by atoms with Crippen LogP contribution in [-0.2, 0) is 4.74 Å². The van der Waals surface area contributed by atoms with Crippen LogP contribution in [0.15, 0.2) is 18.5 Å². The van der Waals surface area contributed by atoms with Crippen molar-refractivity contribution in [2.75, 3.05) is 0 Å². The fourth-order valence-electron chi connectivity index (χ4n) is 3.16. The second-order valence-electron chi connectivity index (χ2n) is 7.24. The number of nitrogens with two attached hydrogens (primary N) is 1. The summed E-state index contributed by atoms with van der Waals surface area (Å²) in [5.74, 6) is -0.901. The molecule has 3 N–H and O–H groups in total. The molecular weight excluding hydrogens is 322 g/mol. The molecule has 1 saturated carbocycles. The van der Waals surface area contributed by atoms with Gasteiger partial charge in [0.1, 0.15) is 11.3 Å². The summed E-state index contributed by atoms with van der Waals surface area (Å²) in [6.07, 6.45) is 3.81. The smallest absolute Gasteiger partial charge is 0.270 e. The van der Waals surface area contributed by atoms with Crippen molar-refractivity contribution < 1.29 is 14.3 Å². The summed E-state index contributed by atoms with van der Waals surface area (Å²) in [5, 5.41) is 7.10. The monoisotopic (exact) mass is 345 g/mol. The number of carbonyl (C=O) groups is 2. The van der Waals surface area contributed by atoms with Crippen molar-refractivity contribution in [3.63, 3.8) is 0 Å². The summed E-state index contributed by atoms with van der Waals surface area (Å²) in [6, 6.07) is 1.56. The first kappa shape index (κ1) is 17.3. The zero-order valence-corrected chi connectivity index (χ0v) is 14.8. The Bertz CT molecular complexity index is 827. The van der Waals surface area contributed by atoms with Gasteiger partial charge in [0.15, 0.2) is 5.65 Å². The second-order valence-corrected chi connectivity index (χ2v) is 7.24. The summed E-state index contributed by atoms with van der Waals surface area (Å²) in [5.41, 5.74) is 5.91. The Hall–Kier alpha value is -2.48. The Labute approximate surface area is 145 Å². The van der Waals surface area contributed by atoms with E-state index in [0.717, 1.165) is 6.42 Å². The molecule has 8 nitrogen and oxygen atoms in total. The third kappa shape index (κ3) is 2.97. The highest BCUT2D eigenvalue weighted by atomic mass is 16.5. The number of hydrogen-bond acceptors (Lipinski definition) is 5. The van der Waals surface area contributed by atoms with Gasteiger partial charge in [-0.15, -0.1) is 0 Å². The predicted molar refractivity (Wildman–Crippen MR) is 91.2 cm³/mol. The van der Waals surface area contributed by atoms with E-state index < -0.39 is 5.91 Å². The summed E-state index contributed by atoms with van der Waals surface area (Å²) in [7, 11) is 0. The van der Waals surface area contributed by atoms with E-state index in [1.165, 1.54) is 16.9 Å². The van der Waals surface area contributed by atoms with Gasteiger partial charge in [0.2, 0.25) is 0 Å². The lowest BCUT2D eigenvalue weighted by Gasteiger charge is -2.52. The summed E-state index contributed by atoms with van der Waals surface area (Å²) >= 11 is 0. The lowest BCUT2D eigenvalue weighted by atomic mass is 9.64. The van der Waals surface area contributed by atoms with E-state index in [2.05, 4.69) is 29.2 Å². The number of carbonyl (C=O) groups excluding carboxylic acids is 2. The molecular formula is C17H23N5O3. The van der Waals surface area contributed by atoms with Gasteiger partial charge in [-0.2, -0.15) is 5.10 Å². The van der Waals surface area contributed by atoms with Crippen molar-refractivity contribution in [2.24, 2.45) is 11.1 Å². The molecule has 2 unspecified atom stereocenters. The first-order valence-electron chi connectivity index (χ1n) is 8.30. The van der Waals surface area contributed by atoms with Crippen molar-refractivity contribution >= 4 is 17.5 Å². The highest BCUT2D eigenvalue weighted by Gasteiger charge is 2.50. The normalized spacial score (nSPS) is 22.0. The van der Waals surface area contributed by atoms with Gasteiger partial charge < -0.3 is 15.8 Å². The summed E-state index contributed by atoms with van der Waals surface area (Å²) in [6.45, 7) is 8.17. The van der Waals surface area contributed by atoms with Gasteiger partial charge in [-0.05, 0) is 26.3 Å². The van der Waals surface area contributed by atoms with Crippen molar-refractivity contribution in [1.82, 2.24) is 19.9 Å². The van der Waals surface area contributed by atoms with E-state index in [9.17, 15) is 9.59 Å². The lowest BCUT2D eigenvalue weighted by Crippen LogP contribution is -2.62. The van der Waals surface area contributed by atoms with Crippen LogP contribution >= 0.6 is 0 Å². The van der Waals surface area contributed by atoms with Crippen molar-refractivity contribution in [3.05, 3.63) is 29.7 Å². The number of nitrogens with one attached hydrogen (secondary N) is 1. The minimum Gasteiger partial charge on any atom is -0.375 e. The van der Waals surface area contributed by atoms with Gasteiger partial charge >= 0.3 is 0 Å². The van der Waals surface area contributed by atoms with Gasteiger partial charge in [0.25, 0.3) is 11.8 Å². The van der Waals surface area contributed by atoms with E-state index in [1.807, 2.05) is 13.8 Å². The average Bonchev–Trinajstić information content (AvgIpc) is 2.97. The van der Waals surface area contributed by atoms with Gasteiger partial charge in [-0.3, -0.25) is 9.59 Å². The topological polar surface area (TPSA) is 112 Å². The van der Waals surface area contributed by atoms with Crippen molar-refractivity contribution in [2.45, 2.75) is 52.4 Å². The van der Waals surface area contributed by atoms with Crippen LogP contribution in [0.2, 0.25) is 0 Å². The Morgan fingerprint density at radius 3 is 2.76 bits per heavy atom. The zero-order valence-electron chi connectivity index (χ0n) is 14.8. The standard InChI is InChI=1S/C17H23N5O3/c1-9(2)25-13-7-12(17(13,3)4)21-16(24)11-5-6-19-15-10(14(18)23)8-20-22(11)15/h5-6,8-9,12-13H,7H2,1-4H3,(H2,18,23)(H,21,24). The number of amides is 2. The highest BCUT2D eigenvalue weighted by Crippen LogP contribution is 2.43.